The van der Waals surface area contributed by atoms with Crippen molar-refractivity contribution in [2.45, 2.75) is 13.1 Å². The number of aromatic nitrogens is 5. The van der Waals surface area contributed by atoms with Crippen LogP contribution >= 0.6 is 23.2 Å². The number of rotatable bonds is 9. The summed E-state index contributed by atoms with van der Waals surface area (Å²) in [7, 11) is 1.57. The van der Waals surface area contributed by atoms with Crippen LogP contribution in [0.2, 0.25) is 10.0 Å². The maximum atomic E-state index is 13.7. The summed E-state index contributed by atoms with van der Waals surface area (Å²) in [4.78, 5) is 43.7. The molecule has 0 bridgehead atoms. The monoisotopic (exact) mass is 575 g/mol. The Labute approximate surface area is 239 Å². The fraction of sp³-hybridized carbons (Fsp3) is 0.143. The molecule has 3 aromatic heterocycles. The van der Waals surface area contributed by atoms with Gasteiger partial charge in [0.1, 0.15) is 17.0 Å². The van der Waals surface area contributed by atoms with Crippen molar-refractivity contribution in [1.82, 2.24) is 29.8 Å². The van der Waals surface area contributed by atoms with Crippen LogP contribution in [-0.4, -0.2) is 44.1 Å². The molecule has 0 saturated heterocycles. The zero-order valence-corrected chi connectivity index (χ0v) is 22.8. The van der Waals surface area contributed by atoms with Gasteiger partial charge in [-0.25, -0.2) is 9.97 Å². The van der Waals surface area contributed by atoms with E-state index in [9.17, 15) is 9.59 Å². The Morgan fingerprint density at radius 2 is 1.77 bits per heavy atom. The number of anilines is 1. The topological polar surface area (TPSA) is 124 Å². The minimum absolute atomic E-state index is 0.154. The number of fused-ring (bicyclic) bond motifs is 1. The van der Waals surface area contributed by atoms with Gasteiger partial charge in [0.15, 0.2) is 5.65 Å². The first-order chi connectivity index (χ1) is 19.4. The van der Waals surface area contributed by atoms with Gasteiger partial charge in [-0.3, -0.25) is 19.1 Å². The number of benzene rings is 2. The number of carbonyl (C=O) groups is 1. The van der Waals surface area contributed by atoms with E-state index in [0.29, 0.717) is 50.6 Å². The van der Waals surface area contributed by atoms with E-state index in [1.54, 1.807) is 74.2 Å². The van der Waals surface area contributed by atoms with Crippen LogP contribution in [0.1, 0.15) is 15.9 Å². The lowest BCUT2D eigenvalue weighted by molar-refractivity contribution is 0.0952. The lowest BCUT2D eigenvalue weighted by Gasteiger charge is -2.14. The standard InChI is InChI=1S/C28H23Cl2N7O3/c1-40-20-5-3-18(4-6-20)24-27(39)37(13-12-32-26(38)19-8-10-31-11-9-19)25-23(35-24)16-34-28(36-25)33-15-17-2-7-21(29)22(30)14-17/h2-11,14,16H,12-13,15H2,1H3,(H,32,38)(H,33,34,36). The third-order valence-electron chi connectivity index (χ3n) is 6.05. The van der Waals surface area contributed by atoms with E-state index >= 15 is 0 Å². The molecular weight excluding hydrogens is 553 g/mol. The lowest BCUT2D eigenvalue weighted by Crippen LogP contribution is -2.32. The number of amides is 1. The molecule has 5 rings (SSSR count). The summed E-state index contributed by atoms with van der Waals surface area (Å²) >= 11 is 12.1. The van der Waals surface area contributed by atoms with Gasteiger partial charge in [0.25, 0.3) is 11.5 Å². The second-order valence-electron chi connectivity index (χ2n) is 8.64. The number of nitrogens with zero attached hydrogens (tertiary/aromatic N) is 5. The van der Waals surface area contributed by atoms with Crippen LogP contribution < -0.4 is 20.9 Å². The van der Waals surface area contributed by atoms with Gasteiger partial charge in [-0.05, 0) is 54.1 Å². The summed E-state index contributed by atoms with van der Waals surface area (Å²) in [6.07, 6.45) is 4.64. The van der Waals surface area contributed by atoms with Crippen LogP contribution in [0.15, 0.2) is 78.0 Å². The van der Waals surface area contributed by atoms with Crippen molar-refractivity contribution in [3.63, 3.8) is 0 Å². The summed E-state index contributed by atoms with van der Waals surface area (Å²) < 4.78 is 6.72. The Morgan fingerprint density at radius 3 is 2.50 bits per heavy atom. The van der Waals surface area contributed by atoms with Gasteiger partial charge in [0, 0.05) is 43.2 Å². The molecule has 202 valence electrons. The van der Waals surface area contributed by atoms with E-state index in [1.165, 1.54) is 4.57 Å². The number of ether oxygens (including phenoxy) is 1. The molecule has 0 atom stereocenters. The largest absolute Gasteiger partial charge is 0.497 e. The number of hydrogen-bond donors (Lipinski definition) is 2. The van der Waals surface area contributed by atoms with E-state index in [2.05, 4.69) is 30.6 Å². The van der Waals surface area contributed by atoms with E-state index in [1.807, 2.05) is 6.07 Å². The van der Waals surface area contributed by atoms with Crippen molar-refractivity contribution in [1.29, 1.82) is 0 Å². The van der Waals surface area contributed by atoms with Gasteiger partial charge in [0.2, 0.25) is 5.95 Å². The van der Waals surface area contributed by atoms with Crippen LogP contribution in [0.25, 0.3) is 22.4 Å². The van der Waals surface area contributed by atoms with Crippen molar-refractivity contribution in [3.8, 4) is 17.0 Å². The highest BCUT2D eigenvalue weighted by molar-refractivity contribution is 6.42. The van der Waals surface area contributed by atoms with E-state index in [0.717, 1.165) is 5.56 Å². The summed E-state index contributed by atoms with van der Waals surface area (Å²) in [5.74, 6) is 0.680. The van der Waals surface area contributed by atoms with Gasteiger partial charge in [-0.1, -0.05) is 29.3 Å². The number of hydrogen-bond acceptors (Lipinski definition) is 8. The molecule has 0 saturated carbocycles. The smallest absolute Gasteiger partial charge is 0.278 e. The third-order valence-corrected chi connectivity index (χ3v) is 6.79. The van der Waals surface area contributed by atoms with Crippen LogP contribution in [0.5, 0.6) is 5.75 Å². The van der Waals surface area contributed by atoms with Crippen molar-refractivity contribution in [2.75, 3.05) is 19.0 Å². The number of halogens is 2. The molecule has 12 heteroatoms. The molecular formula is C28H23Cl2N7O3. The molecule has 0 fully saturated rings. The Bertz CT molecular complexity index is 1730. The fourth-order valence-corrected chi connectivity index (χ4v) is 4.30. The van der Waals surface area contributed by atoms with E-state index in [-0.39, 0.29) is 30.2 Å². The van der Waals surface area contributed by atoms with Gasteiger partial charge >= 0.3 is 0 Å². The van der Waals surface area contributed by atoms with Gasteiger partial charge in [-0.2, -0.15) is 4.98 Å². The van der Waals surface area contributed by atoms with Crippen molar-refractivity contribution >= 4 is 46.2 Å². The first-order valence-electron chi connectivity index (χ1n) is 12.2. The average molecular weight is 576 g/mol. The molecule has 5 aromatic rings. The van der Waals surface area contributed by atoms with E-state index < -0.39 is 0 Å². The Hall–Kier alpha value is -4.54. The normalized spacial score (nSPS) is 10.9. The van der Waals surface area contributed by atoms with Crippen LogP contribution in [-0.2, 0) is 13.1 Å². The highest BCUT2D eigenvalue weighted by Crippen LogP contribution is 2.23. The van der Waals surface area contributed by atoms with Crippen LogP contribution in [0.4, 0.5) is 5.95 Å². The van der Waals surface area contributed by atoms with Crippen LogP contribution in [0, 0.1) is 0 Å². The molecule has 3 heterocycles. The molecule has 1 amide bonds. The summed E-state index contributed by atoms with van der Waals surface area (Å²) in [6, 6.07) is 15.6. The first-order valence-corrected chi connectivity index (χ1v) is 13.0. The number of nitrogens with one attached hydrogen (secondary N) is 2. The minimum Gasteiger partial charge on any atom is -0.497 e. The number of carbonyl (C=O) groups excluding carboxylic acids is 1. The molecule has 0 aliphatic carbocycles. The number of methoxy groups -OCH3 is 1. The lowest BCUT2D eigenvalue weighted by atomic mass is 10.1. The highest BCUT2D eigenvalue weighted by atomic mass is 35.5. The predicted octanol–water partition coefficient (Wildman–Crippen LogP) is 4.61. The molecule has 2 aromatic carbocycles. The van der Waals surface area contributed by atoms with Crippen molar-refractivity contribution < 1.29 is 9.53 Å². The fourth-order valence-electron chi connectivity index (χ4n) is 3.98. The molecule has 0 unspecified atom stereocenters. The first kappa shape index (κ1) is 27.0. The SMILES string of the molecule is COc1ccc(-c2nc3cnc(NCc4ccc(Cl)c(Cl)c4)nc3n(CCNC(=O)c3ccncc3)c2=O)cc1. The Balaban J connectivity index is 1.47. The summed E-state index contributed by atoms with van der Waals surface area (Å²) in [5.41, 5.74) is 2.59. The number of pyridine rings is 1. The molecule has 0 aliphatic rings. The summed E-state index contributed by atoms with van der Waals surface area (Å²) in [6.45, 7) is 0.714. The molecule has 40 heavy (non-hydrogen) atoms. The molecule has 0 spiro atoms. The Morgan fingerprint density at radius 1 is 1.00 bits per heavy atom. The van der Waals surface area contributed by atoms with Crippen molar-refractivity contribution in [3.05, 3.63) is 105 Å². The van der Waals surface area contributed by atoms with E-state index in [4.69, 9.17) is 27.9 Å². The van der Waals surface area contributed by atoms with Crippen LogP contribution in [0.3, 0.4) is 0 Å². The Kier molecular flexibility index (Phi) is 8.18. The van der Waals surface area contributed by atoms with Gasteiger partial charge < -0.3 is 15.4 Å². The quantitative estimate of drug-likeness (QED) is 0.261. The van der Waals surface area contributed by atoms with Gasteiger partial charge in [0.05, 0.1) is 23.4 Å². The second-order valence-corrected chi connectivity index (χ2v) is 9.46. The molecule has 0 radical (unpaired) electrons. The maximum absolute atomic E-state index is 13.7. The average Bonchev–Trinajstić information content (AvgIpc) is 2.99. The molecule has 10 nitrogen and oxygen atoms in total. The molecule has 2 N–H and O–H groups in total. The van der Waals surface area contributed by atoms with Crippen molar-refractivity contribution in [2.24, 2.45) is 0 Å². The minimum atomic E-state index is -0.357. The summed E-state index contributed by atoms with van der Waals surface area (Å²) in [5, 5.41) is 6.89. The van der Waals surface area contributed by atoms with Gasteiger partial charge in [-0.15, -0.1) is 0 Å². The zero-order valence-electron chi connectivity index (χ0n) is 21.3. The zero-order chi connectivity index (χ0) is 28.1. The third kappa shape index (κ3) is 6.03. The predicted molar refractivity (Wildman–Crippen MR) is 154 cm³/mol. The second kappa shape index (κ2) is 12.1. The molecule has 0 aliphatic heterocycles. The highest BCUT2D eigenvalue weighted by Gasteiger charge is 2.16. The maximum Gasteiger partial charge on any atom is 0.278 e.